The lowest BCUT2D eigenvalue weighted by atomic mass is 9.94. The van der Waals surface area contributed by atoms with E-state index < -0.39 is 30.5 Å². The number of hydrogen-bond donors (Lipinski definition) is 0. The third kappa shape index (κ3) is 4.20. The molecular weight excluding hydrogens is 341 g/mol. The van der Waals surface area contributed by atoms with E-state index in [1.54, 1.807) is 12.1 Å². The lowest BCUT2D eigenvalue weighted by Crippen LogP contribution is -2.52. The fraction of sp³-hybridized carbons (Fsp3) is 0.625. The molecule has 1 rings (SSSR count). The van der Waals surface area contributed by atoms with Crippen molar-refractivity contribution >= 4 is 0 Å². The fourth-order valence-corrected chi connectivity index (χ4v) is 2.18. The number of alkyl halides is 7. The number of halogens is 7. The number of ether oxygens (including phenoxy) is 1. The lowest BCUT2D eigenvalue weighted by molar-refractivity contribution is -0.358. The minimum atomic E-state index is -6.34. The number of methoxy groups -OCH3 is 1. The SMILES string of the molecule is CCC(C)c1ccc(C(CC(F)(F)C(F)(F)C(F)(F)F)OC)cc1. The largest absolute Gasteiger partial charge is 0.459 e. The van der Waals surface area contributed by atoms with Crippen LogP contribution in [0.3, 0.4) is 0 Å². The molecule has 0 aliphatic heterocycles. The van der Waals surface area contributed by atoms with Gasteiger partial charge in [0.05, 0.1) is 6.10 Å². The van der Waals surface area contributed by atoms with Gasteiger partial charge in [-0.05, 0) is 23.5 Å². The van der Waals surface area contributed by atoms with E-state index in [4.69, 9.17) is 4.74 Å². The molecule has 0 saturated carbocycles. The van der Waals surface area contributed by atoms with Crippen molar-refractivity contribution in [2.45, 2.75) is 56.7 Å². The Labute approximate surface area is 135 Å². The summed E-state index contributed by atoms with van der Waals surface area (Å²) in [5.41, 5.74) is 1.02. The van der Waals surface area contributed by atoms with Gasteiger partial charge >= 0.3 is 18.0 Å². The predicted molar refractivity (Wildman–Crippen MR) is 75.5 cm³/mol. The van der Waals surface area contributed by atoms with Gasteiger partial charge < -0.3 is 4.74 Å². The maximum Gasteiger partial charge on any atom is 0.459 e. The third-order valence-corrected chi connectivity index (χ3v) is 4.03. The Kier molecular flexibility index (Phi) is 6.30. The van der Waals surface area contributed by atoms with Gasteiger partial charge in [0.25, 0.3) is 0 Å². The molecule has 2 unspecified atom stereocenters. The molecule has 0 fully saturated rings. The van der Waals surface area contributed by atoms with Crippen molar-refractivity contribution in [2.75, 3.05) is 7.11 Å². The van der Waals surface area contributed by atoms with Crippen molar-refractivity contribution in [3.8, 4) is 0 Å². The van der Waals surface area contributed by atoms with Gasteiger partial charge in [-0.1, -0.05) is 38.1 Å². The van der Waals surface area contributed by atoms with Crippen LogP contribution >= 0.6 is 0 Å². The Balaban J connectivity index is 3.02. The number of rotatable bonds is 7. The van der Waals surface area contributed by atoms with Crippen molar-refractivity contribution in [2.24, 2.45) is 0 Å². The zero-order valence-electron chi connectivity index (χ0n) is 13.4. The zero-order chi connectivity index (χ0) is 18.8. The number of hydrogen-bond acceptors (Lipinski definition) is 1. The van der Waals surface area contributed by atoms with E-state index in [1.807, 2.05) is 13.8 Å². The van der Waals surface area contributed by atoms with E-state index in [-0.39, 0.29) is 11.5 Å². The van der Waals surface area contributed by atoms with Crippen LogP contribution in [0.25, 0.3) is 0 Å². The first kappa shape index (κ1) is 20.7. The molecule has 1 nitrogen and oxygen atoms in total. The van der Waals surface area contributed by atoms with Crippen LogP contribution in [0.2, 0.25) is 0 Å². The summed E-state index contributed by atoms with van der Waals surface area (Å²) in [5.74, 6) is -11.2. The van der Waals surface area contributed by atoms with E-state index >= 15 is 0 Å². The van der Waals surface area contributed by atoms with Gasteiger partial charge in [-0.15, -0.1) is 0 Å². The quantitative estimate of drug-likeness (QED) is 0.533. The van der Waals surface area contributed by atoms with E-state index in [9.17, 15) is 30.7 Å². The van der Waals surface area contributed by atoms with Gasteiger partial charge in [0.15, 0.2) is 0 Å². The summed E-state index contributed by atoms with van der Waals surface area (Å²) in [4.78, 5) is 0. The van der Waals surface area contributed by atoms with Gasteiger partial charge in [0.1, 0.15) is 0 Å². The Morgan fingerprint density at radius 1 is 0.917 bits per heavy atom. The van der Waals surface area contributed by atoms with Crippen LogP contribution in [0.5, 0.6) is 0 Å². The van der Waals surface area contributed by atoms with Gasteiger partial charge in [-0.25, -0.2) is 0 Å². The van der Waals surface area contributed by atoms with Crippen LogP contribution in [-0.4, -0.2) is 25.1 Å². The average molecular weight is 360 g/mol. The first-order valence-corrected chi connectivity index (χ1v) is 7.32. The predicted octanol–water partition coefficient (Wildman–Crippen LogP) is 6.11. The monoisotopic (exact) mass is 360 g/mol. The molecule has 24 heavy (non-hydrogen) atoms. The molecule has 0 aromatic heterocycles. The number of benzene rings is 1. The second-order valence-corrected chi connectivity index (χ2v) is 5.68. The van der Waals surface area contributed by atoms with Gasteiger partial charge in [-0.3, -0.25) is 0 Å². The molecule has 1 aromatic rings. The third-order valence-electron chi connectivity index (χ3n) is 4.03. The Bertz CT molecular complexity index is 522. The average Bonchev–Trinajstić information content (AvgIpc) is 2.50. The fourth-order valence-electron chi connectivity index (χ4n) is 2.18. The molecule has 1 aromatic carbocycles. The van der Waals surface area contributed by atoms with Crippen LogP contribution in [0, 0.1) is 0 Å². The molecule has 0 aliphatic carbocycles. The van der Waals surface area contributed by atoms with Gasteiger partial charge in [0.2, 0.25) is 0 Å². The van der Waals surface area contributed by atoms with Gasteiger partial charge in [0, 0.05) is 13.5 Å². The Morgan fingerprint density at radius 2 is 1.38 bits per heavy atom. The normalized spacial score (nSPS) is 16.1. The summed E-state index contributed by atoms with van der Waals surface area (Å²) in [6, 6.07) is 6.04. The second kappa shape index (κ2) is 7.29. The first-order chi connectivity index (χ1) is 10.9. The highest BCUT2D eigenvalue weighted by molar-refractivity contribution is 5.27. The molecule has 0 saturated heterocycles. The topological polar surface area (TPSA) is 9.23 Å². The van der Waals surface area contributed by atoms with E-state index in [0.717, 1.165) is 19.1 Å². The first-order valence-electron chi connectivity index (χ1n) is 7.32. The summed E-state index contributed by atoms with van der Waals surface area (Å²) in [5, 5.41) is 0. The van der Waals surface area contributed by atoms with Crippen molar-refractivity contribution < 1.29 is 35.5 Å². The summed E-state index contributed by atoms with van der Waals surface area (Å²) in [6.07, 6.45) is -8.86. The minimum Gasteiger partial charge on any atom is -0.377 e. The molecular formula is C16H19F7O. The smallest absolute Gasteiger partial charge is 0.377 e. The standard InChI is InChI=1S/C16H19F7O/c1-4-10(2)11-5-7-12(8-6-11)13(24-3)9-14(17,18)15(19,20)16(21,22)23/h5-8,10,13H,4,9H2,1-3H3. The molecule has 0 radical (unpaired) electrons. The minimum absolute atomic E-state index is 0.113. The maximum atomic E-state index is 13.5. The van der Waals surface area contributed by atoms with Crippen LogP contribution in [0.4, 0.5) is 30.7 Å². The molecule has 0 spiro atoms. The summed E-state index contributed by atoms with van der Waals surface area (Å²) < 4.78 is 94.4. The van der Waals surface area contributed by atoms with Crippen molar-refractivity contribution in [1.82, 2.24) is 0 Å². The van der Waals surface area contributed by atoms with E-state index in [1.165, 1.54) is 12.1 Å². The molecule has 0 heterocycles. The highest BCUT2D eigenvalue weighted by atomic mass is 19.4. The molecule has 2 atom stereocenters. The zero-order valence-corrected chi connectivity index (χ0v) is 13.4. The summed E-state index contributed by atoms with van der Waals surface area (Å²) in [7, 11) is 0.981. The van der Waals surface area contributed by atoms with E-state index in [2.05, 4.69) is 0 Å². The van der Waals surface area contributed by atoms with Crippen LogP contribution in [0.1, 0.15) is 49.8 Å². The van der Waals surface area contributed by atoms with Crippen molar-refractivity contribution in [3.05, 3.63) is 35.4 Å². The van der Waals surface area contributed by atoms with Crippen molar-refractivity contribution in [3.63, 3.8) is 0 Å². The molecule has 0 amide bonds. The highest BCUT2D eigenvalue weighted by Gasteiger charge is 2.73. The molecule has 138 valence electrons. The molecule has 0 bridgehead atoms. The maximum absolute atomic E-state index is 13.5. The van der Waals surface area contributed by atoms with Crippen molar-refractivity contribution in [1.29, 1.82) is 0 Å². The summed E-state index contributed by atoms with van der Waals surface area (Å²) in [6.45, 7) is 3.90. The van der Waals surface area contributed by atoms with Crippen LogP contribution < -0.4 is 0 Å². The van der Waals surface area contributed by atoms with Crippen LogP contribution in [-0.2, 0) is 4.74 Å². The lowest BCUT2D eigenvalue weighted by Gasteiger charge is -2.30. The van der Waals surface area contributed by atoms with Crippen LogP contribution in [0.15, 0.2) is 24.3 Å². The highest BCUT2D eigenvalue weighted by Crippen LogP contribution is 2.50. The second-order valence-electron chi connectivity index (χ2n) is 5.68. The summed E-state index contributed by atoms with van der Waals surface area (Å²) >= 11 is 0. The Hall–Kier alpha value is -1.31. The molecule has 8 heteroatoms. The molecule has 0 N–H and O–H groups in total. The van der Waals surface area contributed by atoms with Gasteiger partial charge in [-0.2, -0.15) is 30.7 Å². The Morgan fingerprint density at radius 3 is 1.75 bits per heavy atom. The van der Waals surface area contributed by atoms with E-state index in [0.29, 0.717) is 0 Å². The molecule has 0 aliphatic rings.